The highest BCUT2D eigenvalue weighted by Gasteiger charge is 2.29. The third-order valence-electron chi connectivity index (χ3n) is 3.18. The van der Waals surface area contributed by atoms with Crippen molar-refractivity contribution in [2.24, 2.45) is 5.73 Å². The Morgan fingerprint density at radius 3 is 2.29 bits per heavy atom. The first-order valence-electron chi connectivity index (χ1n) is 6.16. The Balaban J connectivity index is 2.53. The van der Waals surface area contributed by atoms with Crippen LogP contribution in [0.15, 0.2) is 0 Å². The van der Waals surface area contributed by atoms with Crippen molar-refractivity contribution >= 4 is 10.2 Å². The number of likely N-dealkylation sites (N-methyl/N-ethyl adjacent to an activating group) is 1. The molecule has 1 aliphatic heterocycles. The van der Waals surface area contributed by atoms with E-state index in [0.29, 0.717) is 32.6 Å². The molecule has 0 unspecified atom stereocenters. The zero-order chi connectivity index (χ0) is 12.9. The molecule has 102 valence electrons. The van der Waals surface area contributed by atoms with Crippen molar-refractivity contribution in [3.05, 3.63) is 0 Å². The monoisotopic (exact) mass is 264 g/mol. The summed E-state index contributed by atoms with van der Waals surface area (Å²) in [5.41, 5.74) is 5.39. The number of nitrogens with two attached hydrogens (primary N) is 1. The molecule has 1 fully saturated rings. The SMILES string of the molecule is CCN1CCN(S(=O)(=O)N(C)CCCN)CC1. The maximum absolute atomic E-state index is 12.2. The zero-order valence-corrected chi connectivity index (χ0v) is 11.6. The van der Waals surface area contributed by atoms with Gasteiger partial charge in [-0.2, -0.15) is 17.0 Å². The van der Waals surface area contributed by atoms with Crippen LogP contribution in [0.4, 0.5) is 0 Å². The topological polar surface area (TPSA) is 69.9 Å². The molecule has 1 rings (SSSR count). The standard InChI is InChI=1S/C10H24N4O2S/c1-3-13-7-9-14(10-8-13)17(15,16)12(2)6-4-5-11/h3-11H2,1-2H3. The lowest BCUT2D eigenvalue weighted by Crippen LogP contribution is -2.52. The molecule has 1 aliphatic rings. The third-order valence-corrected chi connectivity index (χ3v) is 5.16. The van der Waals surface area contributed by atoms with Crippen LogP contribution in [0.2, 0.25) is 0 Å². The van der Waals surface area contributed by atoms with E-state index < -0.39 is 10.2 Å². The van der Waals surface area contributed by atoms with Gasteiger partial charge in [-0.3, -0.25) is 0 Å². The third kappa shape index (κ3) is 3.89. The molecule has 0 aliphatic carbocycles. The van der Waals surface area contributed by atoms with Crippen molar-refractivity contribution in [3.8, 4) is 0 Å². The largest absolute Gasteiger partial charge is 0.330 e. The molecule has 1 saturated heterocycles. The predicted molar refractivity (Wildman–Crippen MR) is 68.9 cm³/mol. The van der Waals surface area contributed by atoms with E-state index in [1.54, 1.807) is 11.4 Å². The van der Waals surface area contributed by atoms with E-state index >= 15 is 0 Å². The maximum Gasteiger partial charge on any atom is 0.281 e. The first-order chi connectivity index (χ1) is 8.02. The fourth-order valence-electron chi connectivity index (χ4n) is 1.90. The van der Waals surface area contributed by atoms with Gasteiger partial charge in [-0.1, -0.05) is 6.92 Å². The summed E-state index contributed by atoms with van der Waals surface area (Å²) >= 11 is 0. The minimum Gasteiger partial charge on any atom is -0.330 e. The van der Waals surface area contributed by atoms with Gasteiger partial charge in [-0.15, -0.1) is 0 Å². The molecule has 0 aromatic rings. The van der Waals surface area contributed by atoms with Gasteiger partial charge in [0.15, 0.2) is 0 Å². The summed E-state index contributed by atoms with van der Waals surface area (Å²) in [5.74, 6) is 0. The van der Waals surface area contributed by atoms with E-state index in [0.717, 1.165) is 19.6 Å². The molecular formula is C10H24N4O2S. The molecule has 0 aromatic carbocycles. The smallest absolute Gasteiger partial charge is 0.281 e. The van der Waals surface area contributed by atoms with Crippen LogP contribution in [0.5, 0.6) is 0 Å². The van der Waals surface area contributed by atoms with Crippen molar-refractivity contribution in [1.29, 1.82) is 0 Å². The van der Waals surface area contributed by atoms with Crippen molar-refractivity contribution in [3.63, 3.8) is 0 Å². The summed E-state index contributed by atoms with van der Waals surface area (Å²) in [6.45, 7) is 6.90. The Kier molecular flexibility index (Phi) is 5.81. The molecule has 0 radical (unpaired) electrons. The zero-order valence-electron chi connectivity index (χ0n) is 10.8. The van der Waals surface area contributed by atoms with Crippen molar-refractivity contribution in [2.45, 2.75) is 13.3 Å². The lowest BCUT2D eigenvalue weighted by Gasteiger charge is -2.35. The summed E-state index contributed by atoms with van der Waals surface area (Å²) < 4.78 is 27.3. The average molecular weight is 264 g/mol. The summed E-state index contributed by atoms with van der Waals surface area (Å²) in [7, 11) is -1.66. The van der Waals surface area contributed by atoms with Crippen LogP contribution in [0.1, 0.15) is 13.3 Å². The molecule has 1 heterocycles. The van der Waals surface area contributed by atoms with Crippen LogP contribution in [-0.4, -0.2) is 74.8 Å². The quantitative estimate of drug-likeness (QED) is 0.678. The van der Waals surface area contributed by atoms with Crippen LogP contribution in [0.25, 0.3) is 0 Å². The van der Waals surface area contributed by atoms with Gasteiger partial charge in [0.25, 0.3) is 10.2 Å². The first kappa shape index (κ1) is 14.8. The Bertz CT molecular complexity index is 312. The van der Waals surface area contributed by atoms with Crippen LogP contribution >= 0.6 is 0 Å². The maximum atomic E-state index is 12.2. The molecule has 17 heavy (non-hydrogen) atoms. The minimum absolute atomic E-state index is 0.493. The minimum atomic E-state index is -3.28. The molecule has 2 N–H and O–H groups in total. The van der Waals surface area contributed by atoms with E-state index in [1.807, 2.05) is 0 Å². The van der Waals surface area contributed by atoms with Gasteiger partial charge in [0.05, 0.1) is 0 Å². The number of piperazine rings is 1. The summed E-state index contributed by atoms with van der Waals surface area (Å²) in [6, 6.07) is 0. The number of nitrogens with zero attached hydrogens (tertiary/aromatic N) is 3. The normalized spacial score (nSPS) is 20.0. The van der Waals surface area contributed by atoms with E-state index in [1.165, 1.54) is 4.31 Å². The second-order valence-electron chi connectivity index (χ2n) is 4.30. The number of hydrogen-bond acceptors (Lipinski definition) is 4. The Hall–Kier alpha value is -0.210. The van der Waals surface area contributed by atoms with Gasteiger partial charge in [-0.05, 0) is 19.5 Å². The van der Waals surface area contributed by atoms with Gasteiger partial charge in [0, 0.05) is 39.8 Å². The van der Waals surface area contributed by atoms with E-state index in [-0.39, 0.29) is 0 Å². The highest BCUT2D eigenvalue weighted by atomic mass is 32.2. The van der Waals surface area contributed by atoms with E-state index in [2.05, 4.69) is 11.8 Å². The lowest BCUT2D eigenvalue weighted by atomic mass is 10.4. The number of rotatable bonds is 6. The highest BCUT2D eigenvalue weighted by molar-refractivity contribution is 7.86. The van der Waals surface area contributed by atoms with Gasteiger partial charge in [0.1, 0.15) is 0 Å². The second-order valence-corrected chi connectivity index (χ2v) is 6.34. The fraction of sp³-hybridized carbons (Fsp3) is 1.00. The van der Waals surface area contributed by atoms with Crippen molar-refractivity contribution < 1.29 is 8.42 Å². The fourth-order valence-corrected chi connectivity index (χ4v) is 3.28. The summed E-state index contributed by atoms with van der Waals surface area (Å²) in [4.78, 5) is 2.26. The molecule has 6 nitrogen and oxygen atoms in total. The Labute approximate surface area is 105 Å². The van der Waals surface area contributed by atoms with Crippen LogP contribution in [0, 0.1) is 0 Å². The summed E-state index contributed by atoms with van der Waals surface area (Å²) in [6.07, 6.45) is 0.699. The van der Waals surface area contributed by atoms with Crippen molar-refractivity contribution in [2.75, 3.05) is 52.9 Å². The van der Waals surface area contributed by atoms with Crippen LogP contribution < -0.4 is 5.73 Å². The molecule has 0 atom stereocenters. The van der Waals surface area contributed by atoms with Gasteiger partial charge >= 0.3 is 0 Å². The van der Waals surface area contributed by atoms with E-state index in [9.17, 15) is 8.42 Å². The first-order valence-corrected chi connectivity index (χ1v) is 7.56. The summed E-state index contributed by atoms with van der Waals surface area (Å²) in [5, 5.41) is 0. The van der Waals surface area contributed by atoms with Gasteiger partial charge in [0.2, 0.25) is 0 Å². The molecule has 0 saturated carbocycles. The molecule has 7 heteroatoms. The van der Waals surface area contributed by atoms with Gasteiger partial charge < -0.3 is 10.6 Å². The lowest BCUT2D eigenvalue weighted by molar-refractivity contribution is 0.190. The average Bonchev–Trinajstić information content (AvgIpc) is 2.35. The van der Waals surface area contributed by atoms with Gasteiger partial charge in [-0.25, -0.2) is 0 Å². The molecular weight excluding hydrogens is 240 g/mol. The van der Waals surface area contributed by atoms with Crippen LogP contribution in [0.3, 0.4) is 0 Å². The Morgan fingerprint density at radius 2 is 1.82 bits per heavy atom. The molecule has 0 spiro atoms. The predicted octanol–water partition coefficient (Wildman–Crippen LogP) is -0.851. The van der Waals surface area contributed by atoms with Crippen molar-refractivity contribution in [1.82, 2.24) is 13.5 Å². The number of hydrogen-bond donors (Lipinski definition) is 1. The Morgan fingerprint density at radius 1 is 1.24 bits per heavy atom. The highest BCUT2D eigenvalue weighted by Crippen LogP contribution is 2.10. The van der Waals surface area contributed by atoms with Crippen LogP contribution in [-0.2, 0) is 10.2 Å². The molecule has 0 bridgehead atoms. The second kappa shape index (κ2) is 6.65. The molecule has 0 amide bonds. The van der Waals surface area contributed by atoms with E-state index in [4.69, 9.17) is 5.73 Å². The molecule has 0 aromatic heterocycles.